The molecule has 0 unspecified atom stereocenters. The van der Waals surface area contributed by atoms with Gasteiger partial charge in [0, 0.05) is 18.4 Å². The van der Waals surface area contributed by atoms with Crippen LogP contribution in [0.3, 0.4) is 0 Å². The van der Waals surface area contributed by atoms with Gasteiger partial charge in [-0.25, -0.2) is 0 Å². The van der Waals surface area contributed by atoms with Crippen LogP contribution in [0.4, 0.5) is 0 Å². The Bertz CT molecular complexity index is 651. The first-order valence-electron chi connectivity index (χ1n) is 9.10. The van der Waals surface area contributed by atoms with E-state index in [1.165, 1.54) is 13.2 Å². The first kappa shape index (κ1) is 26.6. The molecule has 11 heteroatoms. The minimum Gasteiger partial charge on any atom is -0.499 e. The molecule has 4 atom stereocenters. The molecule has 0 aromatic rings. The van der Waals surface area contributed by atoms with Crippen LogP contribution in [0.25, 0.3) is 0 Å². The van der Waals surface area contributed by atoms with Crippen molar-refractivity contribution in [1.29, 1.82) is 0 Å². The van der Waals surface area contributed by atoms with E-state index in [4.69, 9.17) is 62.7 Å². The molecule has 29 heavy (non-hydrogen) atoms. The van der Waals surface area contributed by atoms with E-state index in [9.17, 15) is 14.4 Å². The zero-order valence-electron chi connectivity index (χ0n) is 16.6. The molecule has 0 aromatic heterocycles. The number of nitrogens with zero attached hydrogens (tertiary/aromatic N) is 1. The Morgan fingerprint density at radius 1 is 1.28 bits per heavy atom. The van der Waals surface area contributed by atoms with Gasteiger partial charge in [0.15, 0.2) is 3.79 Å². The van der Waals surface area contributed by atoms with Crippen LogP contribution in [0.5, 0.6) is 0 Å². The van der Waals surface area contributed by atoms with Crippen molar-refractivity contribution >= 4 is 75.7 Å². The number of carbonyl (C=O) groups excluding carboxylic acids is 3. The molecule has 1 heterocycles. The summed E-state index contributed by atoms with van der Waals surface area (Å²) in [6.45, 7) is 5.08. The van der Waals surface area contributed by atoms with E-state index in [-0.39, 0.29) is 24.7 Å². The standard InChI is InChI=1S/C18H25Cl5N2O4/c1-5-14(26)24-11(7-10(3)18(21,22)23)17(28)25-12(6-9(2)16(19)20)13(29-4)8-15(25)27/h8-12,16H,5-7H2,1-4H3,(H,24,26)/t9-,10+,11+,12-/m0/s1. The van der Waals surface area contributed by atoms with Crippen LogP contribution in [-0.4, -0.2) is 50.4 Å². The molecule has 1 rings (SSSR count). The van der Waals surface area contributed by atoms with Gasteiger partial charge in [0.05, 0.1) is 13.2 Å². The highest BCUT2D eigenvalue weighted by atomic mass is 35.6. The number of hydrogen-bond donors (Lipinski definition) is 1. The van der Waals surface area contributed by atoms with Gasteiger partial charge in [-0.1, -0.05) is 55.6 Å². The van der Waals surface area contributed by atoms with Gasteiger partial charge in [-0.05, 0) is 18.8 Å². The smallest absolute Gasteiger partial charge is 0.257 e. The summed E-state index contributed by atoms with van der Waals surface area (Å²) in [7, 11) is 1.41. The summed E-state index contributed by atoms with van der Waals surface area (Å²) in [5.41, 5.74) is 0. The second-order valence-corrected chi connectivity index (χ2v) is 10.5. The number of rotatable bonds is 9. The largest absolute Gasteiger partial charge is 0.499 e. The minimum atomic E-state index is -1.64. The second-order valence-electron chi connectivity index (χ2n) is 7.01. The third kappa shape index (κ3) is 7.35. The lowest BCUT2D eigenvalue weighted by atomic mass is 9.98. The van der Waals surface area contributed by atoms with E-state index >= 15 is 0 Å². The molecule has 0 aliphatic carbocycles. The zero-order valence-corrected chi connectivity index (χ0v) is 20.3. The van der Waals surface area contributed by atoms with Gasteiger partial charge in [0.25, 0.3) is 11.8 Å². The van der Waals surface area contributed by atoms with Crippen molar-refractivity contribution < 1.29 is 19.1 Å². The molecule has 0 bridgehead atoms. The number of hydrogen-bond acceptors (Lipinski definition) is 4. The van der Waals surface area contributed by atoms with Crippen molar-refractivity contribution in [3.05, 3.63) is 11.8 Å². The lowest BCUT2D eigenvalue weighted by Gasteiger charge is -2.32. The third-order valence-corrected chi connectivity index (χ3v) is 6.72. The lowest BCUT2D eigenvalue weighted by Crippen LogP contribution is -2.53. The van der Waals surface area contributed by atoms with Crippen LogP contribution in [-0.2, 0) is 19.1 Å². The molecule has 3 amide bonds. The van der Waals surface area contributed by atoms with Gasteiger partial charge in [0.2, 0.25) is 5.91 Å². The van der Waals surface area contributed by atoms with E-state index in [1.807, 2.05) is 0 Å². The third-order valence-electron chi connectivity index (χ3n) is 4.74. The fraction of sp³-hybridized carbons (Fsp3) is 0.722. The van der Waals surface area contributed by atoms with Crippen LogP contribution < -0.4 is 5.32 Å². The molecular formula is C18H25Cl5N2O4. The lowest BCUT2D eigenvalue weighted by molar-refractivity contribution is -0.146. The van der Waals surface area contributed by atoms with Crippen molar-refractivity contribution in [2.45, 2.75) is 60.7 Å². The Morgan fingerprint density at radius 2 is 1.86 bits per heavy atom. The fourth-order valence-corrected chi connectivity index (χ4v) is 3.35. The highest BCUT2D eigenvalue weighted by Gasteiger charge is 2.43. The monoisotopic (exact) mass is 508 g/mol. The summed E-state index contributed by atoms with van der Waals surface area (Å²) in [4.78, 5) is 38.2. The molecule has 1 N–H and O–H groups in total. The SMILES string of the molecule is CCC(=O)N[C@H](C[C@@H](C)C(Cl)(Cl)Cl)C(=O)N1C(=O)C=C(OC)[C@@H]1C[C@H](C)C(Cl)Cl. The zero-order chi connectivity index (χ0) is 22.5. The fourth-order valence-electron chi connectivity index (χ4n) is 2.87. The molecule has 1 aliphatic rings. The maximum atomic E-state index is 13.3. The van der Waals surface area contributed by atoms with E-state index in [0.717, 1.165) is 4.90 Å². The number of ether oxygens (including phenoxy) is 1. The maximum Gasteiger partial charge on any atom is 0.257 e. The maximum absolute atomic E-state index is 13.3. The van der Waals surface area contributed by atoms with Crippen molar-refractivity contribution in [2.75, 3.05) is 7.11 Å². The average Bonchev–Trinajstić information content (AvgIpc) is 2.94. The highest BCUT2D eigenvalue weighted by molar-refractivity contribution is 6.67. The van der Waals surface area contributed by atoms with Gasteiger partial charge in [-0.2, -0.15) is 0 Å². The summed E-state index contributed by atoms with van der Waals surface area (Å²) in [6.07, 6.45) is 1.72. The van der Waals surface area contributed by atoms with Gasteiger partial charge >= 0.3 is 0 Å². The molecule has 0 saturated carbocycles. The molecular weight excluding hydrogens is 485 g/mol. The molecule has 166 valence electrons. The number of methoxy groups -OCH3 is 1. The quantitative estimate of drug-likeness (QED) is 0.467. The van der Waals surface area contributed by atoms with Gasteiger partial charge in [-0.15, -0.1) is 23.2 Å². The Hall–Kier alpha value is -0.400. The predicted molar refractivity (Wildman–Crippen MR) is 116 cm³/mol. The van der Waals surface area contributed by atoms with E-state index in [1.54, 1.807) is 20.8 Å². The normalized spacial score (nSPS) is 20.3. The molecule has 0 fully saturated rings. The van der Waals surface area contributed by atoms with Crippen molar-refractivity contribution in [1.82, 2.24) is 10.2 Å². The van der Waals surface area contributed by atoms with Crippen molar-refractivity contribution in [3.8, 4) is 0 Å². The van der Waals surface area contributed by atoms with Gasteiger partial charge in [-0.3, -0.25) is 19.3 Å². The summed E-state index contributed by atoms with van der Waals surface area (Å²) >= 11 is 29.7. The topological polar surface area (TPSA) is 75.7 Å². The van der Waals surface area contributed by atoms with Gasteiger partial charge < -0.3 is 10.1 Å². The number of halogens is 5. The Kier molecular flexibility index (Phi) is 10.4. The van der Waals surface area contributed by atoms with Gasteiger partial charge in [0.1, 0.15) is 16.6 Å². The number of amides is 3. The Labute approximate surface area is 196 Å². The summed E-state index contributed by atoms with van der Waals surface area (Å²) in [5, 5.41) is 2.62. The molecule has 0 aromatic carbocycles. The van der Waals surface area contributed by atoms with Crippen molar-refractivity contribution in [3.63, 3.8) is 0 Å². The minimum absolute atomic E-state index is 0.0308. The molecule has 0 saturated heterocycles. The van der Waals surface area contributed by atoms with Crippen LogP contribution in [0.15, 0.2) is 11.8 Å². The second kappa shape index (κ2) is 11.3. The molecule has 6 nitrogen and oxygen atoms in total. The average molecular weight is 511 g/mol. The highest BCUT2D eigenvalue weighted by Crippen LogP contribution is 2.38. The summed E-state index contributed by atoms with van der Waals surface area (Å²) < 4.78 is 3.64. The van der Waals surface area contributed by atoms with E-state index < -0.39 is 38.4 Å². The molecule has 0 radical (unpaired) electrons. The van der Waals surface area contributed by atoms with Crippen LogP contribution >= 0.6 is 58.0 Å². The first-order chi connectivity index (χ1) is 13.3. The predicted octanol–water partition coefficient (Wildman–Crippen LogP) is 4.38. The van der Waals surface area contributed by atoms with Crippen LogP contribution in [0, 0.1) is 11.8 Å². The van der Waals surface area contributed by atoms with Crippen LogP contribution in [0.1, 0.15) is 40.0 Å². The molecule has 1 aliphatic heterocycles. The Balaban J connectivity index is 3.18. The Morgan fingerprint density at radius 3 is 2.31 bits per heavy atom. The number of nitrogens with one attached hydrogen (secondary N) is 1. The summed E-state index contributed by atoms with van der Waals surface area (Å²) in [5.74, 6) is -2.01. The molecule has 0 spiro atoms. The van der Waals surface area contributed by atoms with E-state index in [2.05, 4.69) is 5.32 Å². The summed E-state index contributed by atoms with van der Waals surface area (Å²) in [6, 6.07) is -1.75. The number of imide groups is 1. The first-order valence-corrected chi connectivity index (χ1v) is 11.1. The number of carbonyl (C=O) groups is 3. The number of alkyl halides is 5. The van der Waals surface area contributed by atoms with Crippen molar-refractivity contribution in [2.24, 2.45) is 11.8 Å². The van der Waals surface area contributed by atoms with E-state index in [0.29, 0.717) is 12.2 Å². The van der Waals surface area contributed by atoms with Crippen LogP contribution in [0.2, 0.25) is 0 Å².